The number of sulfonamides is 1. The van der Waals surface area contributed by atoms with Crippen molar-refractivity contribution in [2.75, 3.05) is 0 Å². The van der Waals surface area contributed by atoms with E-state index < -0.39 is 26.6 Å². The molecule has 1 N–H and O–H groups in total. The van der Waals surface area contributed by atoms with E-state index in [9.17, 15) is 17.2 Å². The molecule has 0 fully saturated rings. The highest BCUT2D eigenvalue weighted by atomic mass is 32.2. The molecule has 17 heavy (non-hydrogen) atoms. The van der Waals surface area contributed by atoms with Gasteiger partial charge in [0.2, 0.25) is 10.0 Å². The van der Waals surface area contributed by atoms with Crippen LogP contribution in [0.4, 0.5) is 8.78 Å². The number of benzene rings is 1. The Hall–Kier alpha value is -1.01. The fourth-order valence-corrected chi connectivity index (χ4v) is 2.97. The minimum atomic E-state index is -4.14. The van der Waals surface area contributed by atoms with Crippen molar-refractivity contribution in [1.82, 2.24) is 4.72 Å². The first-order valence-corrected chi connectivity index (χ1v) is 6.83. The summed E-state index contributed by atoms with van der Waals surface area (Å²) in [5.74, 6) is -2.16. The summed E-state index contributed by atoms with van der Waals surface area (Å²) < 4.78 is 52.4. The Morgan fingerprint density at radius 2 is 1.82 bits per heavy atom. The van der Waals surface area contributed by atoms with E-state index in [4.69, 9.17) is 0 Å². The molecule has 0 bridgehead atoms. The van der Waals surface area contributed by atoms with E-state index in [0.717, 1.165) is 24.6 Å². The van der Waals surface area contributed by atoms with E-state index in [0.29, 0.717) is 6.42 Å². The average molecular weight is 263 g/mol. The van der Waals surface area contributed by atoms with Gasteiger partial charge in [-0.2, -0.15) is 0 Å². The predicted molar refractivity (Wildman–Crippen MR) is 61.0 cm³/mol. The largest absolute Gasteiger partial charge is 0.246 e. The van der Waals surface area contributed by atoms with Crippen molar-refractivity contribution in [3.05, 3.63) is 29.8 Å². The number of hydrogen-bond acceptors (Lipinski definition) is 2. The number of rotatable bonds is 5. The summed E-state index contributed by atoms with van der Waals surface area (Å²) in [6.07, 6.45) is 1.39. The second kappa shape index (κ2) is 5.55. The Kier molecular flexibility index (Phi) is 4.59. The summed E-state index contributed by atoms with van der Waals surface area (Å²) in [7, 11) is -4.14. The van der Waals surface area contributed by atoms with Crippen LogP contribution in [0.1, 0.15) is 26.7 Å². The van der Waals surface area contributed by atoms with E-state index in [1.54, 1.807) is 6.92 Å². The highest BCUT2D eigenvalue weighted by Gasteiger charge is 2.24. The zero-order valence-electron chi connectivity index (χ0n) is 9.70. The summed E-state index contributed by atoms with van der Waals surface area (Å²) in [5.41, 5.74) is 0. The van der Waals surface area contributed by atoms with Gasteiger partial charge in [-0.15, -0.1) is 0 Å². The van der Waals surface area contributed by atoms with Gasteiger partial charge in [-0.05, 0) is 25.5 Å². The molecule has 96 valence electrons. The lowest BCUT2D eigenvalue weighted by Gasteiger charge is -2.13. The lowest BCUT2D eigenvalue weighted by Crippen LogP contribution is -2.33. The van der Waals surface area contributed by atoms with Gasteiger partial charge < -0.3 is 0 Å². The van der Waals surface area contributed by atoms with Crippen LogP contribution >= 0.6 is 0 Å². The van der Waals surface area contributed by atoms with E-state index in [1.165, 1.54) is 0 Å². The minimum Gasteiger partial charge on any atom is -0.208 e. The quantitative estimate of drug-likeness (QED) is 0.886. The number of halogens is 2. The standard InChI is InChI=1S/C11H15F2NO2S/c1-3-5-8(2)14-17(15,16)11-9(12)6-4-7-10(11)13/h4,6-8,14H,3,5H2,1-2H3. The van der Waals surface area contributed by atoms with E-state index in [-0.39, 0.29) is 6.04 Å². The molecular formula is C11H15F2NO2S. The smallest absolute Gasteiger partial charge is 0.208 e. The SMILES string of the molecule is CCCC(C)NS(=O)(=O)c1c(F)cccc1F. The average Bonchev–Trinajstić information content (AvgIpc) is 2.15. The summed E-state index contributed by atoms with van der Waals surface area (Å²) in [5, 5.41) is 0. The molecule has 0 heterocycles. The van der Waals surface area contributed by atoms with Crippen molar-refractivity contribution in [3.8, 4) is 0 Å². The van der Waals surface area contributed by atoms with Gasteiger partial charge in [-0.1, -0.05) is 19.4 Å². The van der Waals surface area contributed by atoms with Crippen molar-refractivity contribution in [3.63, 3.8) is 0 Å². The van der Waals surface area contributed by atoms with Crippen molar-refractivity contribution in [2.45, 2.75) is 37.6 Å². The first-order valence-electron chi connectivity index (χ1n) is 5.34. The number of nitrogens with one attached hydrogen (secondary N) is 1. The molecular weight excluding hydrogens is 248 g/mol. The second-order valence-electron chi connectivity index (χ2n) is 3.86. The van der Waals surface area contributed by atoms with Gasteiger partial charge in [-0.25, -0.2) is 21.9 Å². The topological polar surface area (TPSA) is 46.2 Å². The van der Waals surface area contributed by atoms with Gasteiger partial charge in [0.1, 0.15) is 11.6 Å². The molecule has 6 heteroatoms. The van der Waals surface area contributed by atoms with Crippen LogP contribution in [-0.2, 0) is 10.0 Å². The molecule has 0 saturated carbocycles. The first kappa shape index (κ1) is 14.1. The van der Waals surface area contributed by atoms with Gasteiger partial charge in [0, 0.05) is 6.04 Å². The molecule has 1 unspecified atom stereocenters. The highest BCUT2D eigenvalue weighted by molar-refractivity contribution is 7.89. The Balaban J connectivity index is 3.06. The fraction of sp³-hybridized carbons (Fsp3) is 0.455. The molecule has 0 saturated heterocycles. The molecule has 0 aliphatic rings. The summed E-state index contributed by atoms with van der Waals surface area (Å²) in [6, 6.07) is 2.60. The maximum Gasteiger partial charge on any atom is 0.246 e. The lowest BCUT2D eigenvalue weighted by atomic mass is 10.2. The third kappa shape index (κ3) is 3.47. The molecule has 1 aromatic rings. The molecule has 0 radical (unpaired) electrons. The van der Waals surface area contributed by atoms with Gasteiger partial charge in [0.25, 0.3) is 0 Å². The van der Waals surface area contributed by atoms with Crippen LogP contribution in [0.5, 0.6) is 0 Å². The van der Waals surface area contributed by atoms with Crippen LogP contribution < -0.4 is 4.72 Å². The van der Waals surface area contributed by atoms with Crippen molar-refractivity contribution in [1.29, 1.82) is 0 Å². The lowest BCUT2D eigenvalue weighted by molar-refractivity contribution is 0.502. The Labute approximate surface area is 99.9 Å². The monoisotopic (exact) mass is 263 g/mol. The summed E-state index contributed by atoms with van der Waals surface area (Å²) in [4.78, 5) is -0.914. The molecule has 0 aliphatic heterocycles. The third-order valence-electron chi connectivity index (χ3n) is 2.27. The van der Waals surface area contributed by atoms with Crippen molar-refractivity contribution in [2.24, 2.45) is 0 Å². The molecule has 1 atom stereocenters. The second-order valence-corrected chi connectivity index (χ2v) is 5.51. The number of hydrogen-bond donors (Lipinski definition) is 1. The molecule has 0 aliphatic carbocycles. The van der Waals surface area contributed by atoms with Crippen molar-refractivity contribution < 1.29 is 17.2 Å². The Morgan fingerprint density at radius 3 is 2.29 bits per heavy atom. The Bertz CT molecular complexity index is 468. The van der Waals surface area contributed by atoms with Gasteiger partial charge in [-0.3, -0.25) is 0 Å². The molecule has 0 spiro atoms. The third-order valence-corrected chi connectivity index (χ3v) is 3.91. The maximum atomic E-state index is 13.3. The summed E-state index contributed by atoms with van der Waals surface area (Å²) in [6.45, 7) is 3.55. The van der Waals surface area contributed by atoms with Crippen LogP contribution in [0, 0.1) is 11.6 Å². The van der Waals surface area contributed by atoms with Gasteiger partial charge in [0.15, 0.2) is 4.90 Å². The highest BCUT2D eigenvalue weighted by Crippen LogP contribution is 2.18. The predicted octanol–water partition coefficient (Wildman–Crippen LogP) is 2.43. The zero-order valence-corrected chi connectivity index (χ0v) is 10.5. The fourth-order valence-electron chi connectivity index (χ4n) is 1.55. The van der Waals surface area contributed by atoms with Crippen molar-refractivity contribution >= 4 is 10.0 Å². The van der Waals surface area contributed by atoms with Crippen LogP contribution in [0.3, 0.4) is 0 Å². The first-order chi connectivity index (χ1) is 7.88. The molecule has 1 rings (SSSR count). The van der Waals surface area contributed by atoms with Crippen LogP contribution in [0.15, 0.2) is 23.1 Å². The van der Waals surface area contributed by atoms with E-state index in [2.05, 4.69) is 4.72 Å². The molecule has 1 aromatic carbocycles. The Morgan fingerprint density at radius 1 is 1.29 bits per heavy atom. The van der Waals surface area contributed by atoms with Crippen LogP contribution in [-0.4, -0.2) is 14.5 Å². The van der Waals surface area contributed by atoms with E-state index >= 15 is 0 Å². The minimum absolute atomic E-state index is 0.357. The molecule has 3 nitrogen and oxygen atoms in total. The normalized spacial score (nSPS) is 13.6. The van der Waals surface area contributed by atoms with E-state index in [1.807, 2.05) is 6.92 Å². The summed E-state index contributed by atoms with van der Waals surface area (Å²) >= 11 is 0. The van der Waals surface area contributed by atoms with Crippen LogP contribution in [0.2, 0.25) is 0 Å². The van der Waals surface area contributed by atoms with Crippen LogP contribution in [0.25, 0.3) is 0 Å². The maximum absolute atomic E-state index is 13.3. The molecule has 0 amide bonds. The molecule has 0 aromatic heterocycles. The zero-order chi connectivity index (χ0) is 13.1. The van der Waals surface area contributed by atoms with Gasteiger partial charge >= 0.3 is 0 Å². The van der Waals surface area contributed by atoms with Gasteiger partial charge in [0.05, 0.1) is 0 Å².